The third kappa shape index (κ3) is 3.29. The van der Waals surface area contributed by atoms with Gasteiger partial charge in [0.2, 0.25) is 5.91 Å². The first-order valence-electron chi connectivity index (χ1n) is 7.88. The van der Waals surface area contributed by atoms with Crippen LogP contribution in [-0.2, 0) is 16.1 Å². The van der Waals surface area contributed by atoms with Gasteiger partial charge in [0.05, 0.1) is 37.4 Å². The Morgan fingerprint density at radius 2 is 2.13 bits per heavy atom. The van der Waals surface area contributed by atoms with Crippen molar-refractivity contribution in [2.45, 2.75) is 12.6 Å². The van der Waals surface area contributed by atoms with E-state index >= 15 is 0 Å². The van der Waals surface area contributed by atoms with E-state index in [9.17, 15) is 4.79 Å². The Morgan fingerprint density at radius 3 is 3.00 bits per heavy atom. The molecule has 23 heavy (non-hydrogen) atoms. The number of ether oxygens (including phenoxy) is 1. The number of fused-ring (bicyclic) bond motifs is 3. The summed E-state index contributed by atoms with van der Waals surface area (Å²) in [6.07, 6.45) is 0. The number of nitrogens with one attached hydrogen (secondary N) is 1. The number of aromatic nitrogens is 1. The van der Waals surface area contributed by atoms with E-state index in [0.717, 1.165) is 35.9 Å². The monoisotopic (exact) mass is 329 g/mol. The van der Waals surface area contributed by atoms with E-state index < -0.39 is 0 Å². The number of hydrogen-bond acceptors (Lipinski definition) is 5. The molecule has 4 rings (SSSR count). The molecule has 1 aromatic carbocycles. The number of rotatable bonds is 3. The molecule has 1 N–H and O–H groups in total. The molecule has 0 radical (unpaired) electrons. The van der Waals surface area contributed by atoms with Crippen LogP contribution >= 0.6 is 11.3 Å². The van der Waals surface area contributed by atoms with Crippen LogP contribution in [0.1, 0.15) is 5.01 Å². The molecular formula is C17H19N3O2S. The zero-order chi connectivity index (χ0) is 15.6. The molecule has 0 unspecified atom stereocenters. The van der Waals surface area contributed by atoms with Crippen molar-refractivity contribution < 1.29 is 9.53 Å². The van der Waals surface area contributed by atoms with Gasteiger partial charge >= 0.3 is 0 Å². The molecule has 0 aliphatic carbocycles. The number of carbonyl (C=O) groups is 1. The fraction of sp³-hybridized carbons (Fsp3) is 0.412. The van der Waals surface area contributed by atoms with Crippen molar-refractivity contribution in [3.63, 3.8) is 0 Å². The molecule has 0 spiro atoms. The van der Waals surface area contributed by atoms with Gasteiger partial charge in [0.1, 0.15) is 5.01 Å². The Hall–Kier alpha value is -1.76. The Morgan fingerprint density at radius 1 is 1.26 bits per heavy atom. The van der Waals surface area contributed by atoms with Crippen LogP contribution in [0, 0.1) is 5.92 Å². The van der Waals surface area contributed by atoms with Crippen molar-refractivity contribution in [3.8, 4) is 11.3 Å². The second-order valence-corrected chi connectivity index (χ2v) is 7.07. The van der Waals surface area contributed by atoms with Crippen LogP contribution in [0.2, 0.25) is 0 Å². The van der Waals surface area contributed by atoms with Gasteiger partial charge in [0.25, 0.3) is 0 Å². The molecular weight excluding hydrogens is 310 g/mol. The van der Waals surface area contributed by atoms with E-state index in [-0.39, 0.29) is 17.9 Å². The van der Waals surface area contributed by atoms with Crippen LogP contribution in [-0.4, -0.2) is 48.1 Å². The molecule has 2 aromatic rings. The highest BCUT2D eigenvalue weighted by atomic mass is 32.1. The van der Waals surface area contributed by atoms with E-state index in [1.165, 1.54) is 0 Å². The first kappa shape index (κ1) is 14.8. The summed E-state index contributed by atoms with van der Waals surface area (Å²) in [5.74, 6) is 0.0511. The molecule has 2 aliphatic heterocycles. The normalized spacial score (nSPS) is 25.0. The van der Waals surface area contributed by atoms with Crippen molar-refractivity contribution in [1.29, 1.82) is 0 Å². The summed E-state index contributed by atoms with van der Waals surface area (Å²) in [5.41, 5.74) is 2.17. The largest absolute Gasteiger partial charge is 0.378 e. The molecule has 120 valence electrons. The van der Waals surface area contributed by atoms with Gasteiger partial charge in [-0.05, 0) is 0 Å². The predicted molar refractivity (Wildman–Crippen MR) is 89.1 cm³/mol. The van der Waals surface area contributed by atoms with E-state index in [2.05, 4.69) is 27.7 Å². The number of hydrogen-bond donors (Lipinski definition) is 1. The van der Waals surface area contributed by atoms with Crippen molar-refractivity contribution >= 4 is 17.2 Å². The lowest BCUT2D eigenvalue weighted by atomic mass is 10.1. The summed E-state index contributed by atoms with van der Waals surface area (Å²) in [6, 6.07) is 10.3. The summed E-state index contributed by atoms with van der Waals surface area (Å²) in [6.45, 7) is 3.47. The minimum Gasteiger partial charge on any atom is -0.378 e. The van der Waals surface area contributed by atoms with Gasteiger partial charge in [0, 0.05) is 24.0 Å². The maximum absolute atomic E-state index is 12.1. The second kappa shape index (κ2) is 6.39. The zero-order valence-corrected chi connectivity index (χ0v) is 13.6. The Bertz CT molecular complexity index is 688. The predicted octanol–water partition coefficient (Wildman–Crippen LogP) is 1.76. The number of amides is 1. The van der Waals surface area contributed by atoms with Gasteiger partial charge in [0.15, 0.2) is 0 Å². The van der Waals surface area contributed by atoms with Gasteiger partial charge in [-0.1, -0.05) is 30.3 Å². The highest BCUT2D eigenvalue weighted by molar-refractivity contribution is 7.09. The van der Waals surface area contributed by atoms with Gasteiger partial charge in [-0.25, -0.2) is 4.98 Å². The summed E-state index contributed by atoms with van der Waals surface area (Å²) < 4.78 is 5.57. The molecule has 2 saturated heterocycles. The quantitative estimate of drug-likeness (QED) is 0.932. The molecule has 2 atom stereocenters. The van der Waals surface area contributed by atoms with Crippen molar-refractivity contribution in [3.05, 3.63) is 40.7 Å². The third-order valence-electron chi connectivity index (χ3n) is 4.29. The van der Waals surface area contributed by atoms with Gasteiger partial charge in [-0.2, -0.15) is 0 Å². The first-order chi connectivity index (χ1) is 11.3. The maximum Gasteiger partial charge on any atom is 0.227 e. The van der Waals surface area contributed by atoms with Crippen molar-refractivity contribution in [2.75, 3.05) is 26.3 Å². The molecule has 5 nitrogen and oxygen atoms in total. The average molecular weight is 329 g/mol. The summed E-state index contributed by atoms with van der Waals surface area (Å²) in [4.78, 5) is 19.1. The van der Waals surface area contributed by atoms with Crippen LogP contribution in [0.5, 0.6) is 0 Å². The first-order valence-corrected chi connectivity index (χ1v) is 8.76. The molecule has 1 amide bonds. The topological polar surface area (TPSA) is 54.5 Å². The lowest BCUT2D eigenvalue weighted by molar-refractivity contribution is -0.125. The van der Waals surface area contributed by atoms with Crippen molar-refractivity contribution in [2.24, 2.45) is 5.92 Å². The Labute approximate surface area is 139 Å². The highest BCUT2D eigenvalue weighted by Crippen LogP contribution is 2.23. The summed E-state index contributed by atoms with van der Waals surface area (Å²) in [7, 11) is 0. The SMILES string of the molecule is O=C1N[C@@H]2COC[C@H]1CN(Cc1nc(-c3ccccc3)cs1)C2. The van der Waals surface area contributed by atoms with E-state index in [4.69, 9.17) is 9.72 Å². The fourth-order valence-electron chi connectivity index (χ4n) is 3.17. The second-order valence-electron chi connectivity index (χ2n) is 6.13. The lowest BCUT2D eigenvalue weighted by Gasteiger charge is -2.26. The molecule has 2 aliphatic rings. The fourth-order valence-corrected chi connectivity index (χ4v) is 4.01. The molecule has 6 heteroatoms. The Balaban J connectivity index is 1.48. The molecule has 1 aromatic heterocycles. The van der Waals surface area contributed by atoms with Gasteiger partial charge in [-0.3, -0.25) is 9.69 Å². The molecule has 2 fully saturated rings. The molecule has 2 bridgehead atoms. The lowest BCUT2D eigenvalue weighted by Crippen LogP contribution is -2.41. The molecule has 0 saturated carbocycles. The smallest absolute Gasteiger partial charge is 0.227 e. The number of thiazole rings is 1. The van der Waals surface area contributed by atoms with Crippen LogP contribution in [0.15, 0.2) is 35.7 Å². The standard InChI is InChI=1S/C17H19N3O2S/c21-17-13-6-20(7-14(18-17)10-22-9-13)8-16-19-15(11-23-16)12-4-2-1-3-5-12/h1-5,11,13-14H,6-10H2,(H,18,21)/t13-,14+/m1/s1. The van der Waals surface area contributed by atoms with E-state index in [0.29, 0.717) is 13.2 Å². The van der Waals surface area contributed by atoms with Crippen LogP contribution in [0.3, 0.4) is 0 Å². The number of benzene rings is 1. The number of carbonyl (C=O) groups excluding carboxylic acids is 1. The van der Waals surface area contributed by atoms with Crippen LogP contribution in [0.4, 0.5) is 0 Å². The van der Waals surface area contributed by atoms with E-state index in [1.807, 2.05) is 18.2 Å². The minimum atomic E-state index is -0.0731. The Kier molecular flexibility index (Phi) is 4.11. The zero-order valence-electron chi connectivity index (χ0n) is 12.8. The van der Waals surface area contributed by atoms with Crippen molar-refractivity contribution in [1.82, 2.24) is 15.2 Å². The maximum atomic E-state index is 12.1. The van der Waals surface area contributed by atoms with Crippen LogP contribution in [0.25, 0.3) is 11.3 Å². The molecule has 3 heterocycles. The minimum absolute atomic E-state index is 0.0731. The summed E-state index contributed by atoms with van der Waals surface area (Å²) in [5, 5.41) is 6.27. The van der Waals surface area contributed by atoms with Gasteiger partial charge < -0.3 is 10.1 Å². The number of nitrogens with zero attached hydrogens (tertiary/aromatic N) is 2. The summed E-state index contributed by atoms with van der Waals surface area (Å²) >= 11 is 1.68. The third-order valence-corrected chi connectivity index (χ3v) is 5.13. The van der Waals surface area contributed by atoms with Gasteiger partial charge in [-0.15, -0.1) is 11.3 Å². The van der Waals surface area contributed by atoms with E-state index in [1.54, 1.807) is 11.3 Å². The highest BCUT2D eigenvalue weighted by Gasteiger charge is 2.33. The average Bonchev–Trinajstić information content (AvgIpc) is 2.87. The van der Waals surface area contributed by atoms with Crippen LogP contribution < -0.4 is 5.32 Å².